The molecule has 0 aromatic carbocycles. The second-order valence-electron chi connectivity index (χ2n) is 12.0. The average molecular weight is 774 g/mol. The standard InChI is InChI=1S/C35H67NO17/c1-35(2,3)53-34(40)31-52-30-29-51-28-27-50-26-25-49-24-23-48-22-21-47-20-19-46-18-17-45-16-15-44-14-13-43-12-11-42-10-9-41-8-4-7-36-32(37)5-6-33(38)39/h4-31H2,1-3H3,(H,36,37)(H,38,39). The topological polar surface area (TPSA) is 203 Å². The molecule has 0 saturated heterocycles. The van der Waals surface area contributed by atoms with Crippen LogP contribution in [0.25, 0.3) is 0 Å². The van der Waals surface area contributed by atoms with Crippen LogP contribution in [0.4, 0.5) is 0 Å². The van der Waals surface area contributed by atoms with Crippen LogP contribution in [0.3, 0.4) is 0 Å². The first-order chi connectivity index (χ1) is 25.7. The third kappa shape index (κ3) is 46.0. The number of carboxylic acid groups (broad SMARTS) is 1. The van der Waals surface area contributed by atoms with Crippen molar-refractivity contribution in [3.63, 3.8) is 0 Å². The number of aliphatic carboxylic acids is 1. The molecule has 0 aliphatic carbocycles. The minimum Gasteiger partial charge on any atom is -0.481 e. The third-order valence-electron chi connectivity index (χ3n) is 6.09. The molecular weight excluding hydrogens is 706 g/mol. The molecule has 0 rings (SSSR count). The van der Waals surface area contributed by atoms with Gasteiger partial charge < -0.3 is 72.0 Å². The van der Waals surface area contributed by atoms with Crippen molar-refractivity contribution in [1.82, 2.24) is 5.32 Å². The predicted octanol–water partition coefficient (Wildman–Crippen LogP) is 0.898. The molecule has 0 saturated carbocycles. The first-order valence-corrected chi connectivity index (χ1v) is 18.3. The van der Waals surface area contributed by atoms with Crippen LogP contribution in [0.15, 0.2) is 0 Å². The summed E-state index contributed by atoms with van der Waals surface area (Å²) >= 11 is 0. The smallest absolute Gasteiger partial charge is 0.332 e. The Balaban J connectivity index is 3.12. The highest BCUT2D eigenvalue weighted by Gasteiger charge is 2.15. The van der Waals surface area contributed by atoms with Gasteiger partial charge in [0.1, 0.15) is 12.2 Å². The number of rotatable bonds is 42. The van der Waals surface area contributed by atoms with Crippen LogP contribution in [0, 0.1) is 0 Å². The molecule has 0 atom stereocenters. The van der Waals surface area contributed by atoms with Crippen molar-refractivity contribution < 1.29 is 81.1 Å². The van der Waals surface area contributed by atoms with Gasteiger partial charge in [-0.1, -0.05) is 0 Å². The molecule has 0 aromatic rings. The number of amides is 1. The summed E-state index contributed by atoms with van der Waals surface area (Å²) in [4.78, 5) is 33.3. The lowest BCUT2D eigenvalue weighted by atomic mass is 10.2. The lowest BCUT2D eigenvalue weighted by Gasteiger charge is -2.19. The molecule has 1 amide bonds. The van der Waals surface area contributed by atoms with Crippen molar-refractivity contribution in [2.45, 2.75) is 45.6 Å². The Labute approximate surface area is 314 Å². The maximum Gasteiger partial charge on any atom is 0.332 e. The molecule has 0 heterocycles. The number of carboxylic acids is 1. The largest absolute Gasteiger partial charge is 0.481 e. The Morgan fingerprint density at radius 3 is 1.00 bits per heavy atom. The minimum atomic E-state index is -0.986. The molecule has 0 bridgehead atoms. The fourth-order valence-electron chi connectivity index (χ4n) is 3.66. The van der Waals surface area contributed by atoms with Gasteiger partial charge in [-0.2, -0.15) is 0 Å². The van der Waals surface area contributed by atoms with Gasteiger partial charge in [-0.25, -0.2) is 4.79 Å². The van der Waals surface area contributed by atoms with Gasteiger partial charge in [0.25, 0.3) is 0 Å². The van der Waals surface area contributed by atoms with Gasteiger partial charge in [-0.15, -0.1) is 0 Å². The summed E-state index contributed by atoms with van der Waals surface area (Å²) in [5.74, 6) is -1.65. The van der Waals surface area contributed by atoms with E-state index in [0.717, 1.165) is 0 Å². The molecule has 0 fully saturated rings. The molecule has 18 nitrogen and oxygen atoms in total. The third-order valence-corrected chi connectivity index (χ3v) is 6.09. The Morgan fingerprint density at radius 2 is 0.717 bits per heavy atom. The molecule has 314 valence electrons. The van der Waals surface area contributed by atoms with Crippen molar-refractivity contribution in [1.29, 1.82) is 0 Å². The Morgan fingerprint density at radius 1 is 0.434 bits per heavy atom. The fourth-order valence-corrected chi connectivity index (χ4v) is 3.66. The fraction of sp³-hybridized carbons (Fsp3) is 0.914. The van der Waals surface area contributed by atoms with Gasteiger partial charge in [-0.3, -0.25) is 9.59 Å². The van der Waals surface area contributed by atoms with Crippen molar-refractivity contribution >= 4 is 17.8 Å². The van der Waals surface area contributed by atoms with E-state index in [9.17, 15) is 14.4 Å². The summed E-state index contributed by atoms with van der Waals surface area (Å²) in [7, 11) is 0. The number of nitrogens with one attached hydrogen (secondary N) is 1. The van der Waals surface area contributed by atoms with E-state index in [-0.39, 0.29) is 25.4 Å². The highest BCUT2D eigenvalue weighted by molar-refractivity contribution is 5.80. The van der Waals surface area contributed by atoms with Gasteiger partial charge >= 0.3 is 11.9 Å². The van der Waals surface area contributed by atoms with Crippen LogP contribution >= 0.6 is 0 Å². The second kappa shape index (κ2) is 39.6. The Bertz CT molecular complexity index is 831. The van der Waals surface area contributed by atoms with E-state index in [2.05, 4.69) is 5.32 Å². The molecule has 0 aliphatic rings. The second-order valence-corrected chi connectivity index (χ2v) is 12.0. The molecule has 18 heteroatoms. The zero-order valence-corrected chi connectivity index (χ0v) is 32.3. The van der Waals surface area contributed by atoms with Crippen LogP contribution in [0.2, 0.25) is 0 Å². The lowest BCUT2D eigenvalue weighted by molar-refractivity contribution is -0.160. The van der Waals surface area contributed by atoms with E-state index < -0.39 is 17.5 Å². The van der Waals surface area contributed by atoms with E-state index in [1.165, 1.54) is 0 Å². The normalized spacial score (nSPS) is 11.6. The molecule has 53 heavy (non-hydrogen) atoms. The number of carbonyl (C=O) groups excluding carboxylic acids is 2. The van der Waals surface area contributed by atoms with Crippen LogP contribution in [0.1, 0.15) is 40.0 Å². The minimum absolute atomic E-state index is 0.0146. The summed E-state index contributed by atoms with van der Waals surface area (Å²) in [6.45, 7) is 16.2. The SMILES string of the molecule is CC(C)(C)OC(=O)COCCOCCOCCOCCOCCOCCOCCOCCOCCOCCOCCOCCCNC(=O)CCC(=O)O. The van der Waals surface area contributed by atoms with Crippen molar-refractivity contribution in [3.05, 3.63) is 0 Å². The highest BCUT2D eigenvalue weighted by Crippen LogP contribution is 2.06. The van der Waals surface area contributed by atoms with Gasteiger partial charge in [0.2, 0.25) is 5.91 Å². The van der Waals surface area contributed by atoms with E-state index in [0.29, 0.717) is 165 Å². The molecule has 0 spiro atoms. The van der Waals surface area contributed by atoms with Gasteiger partial charge in [-0.05, 0) is 27.2 Å². The Kier molecular flexibility index (Phi) is 38.1. The van der Waals surface area contributed by atoms with Crippen LogP contribution in [-0.4, -0.2) is 194 Å². The number of ether oxygens (including phenoxy) is 13. The first kappa shape index (κ1) is 50.9. The lowest BCUT2D eigenvalue weighted by Crippen LogP contribution is -2.27. The molecule has 0 aromatic heterocycles. The molecular formula is C35H67NO17. The van der Waals surface area contributed by atoms with Gasteiger partial charge in [0.05, 0.1) is 152 Å². The zero-order valence-electron chi connectivity index (χ0n) is 32.3. The van der Waals surface area contributed by atoms with E-state index >= 15 is 0 Å². The van der Waals surface area contributed by atoms with Crippen molar-refractivity contribution in [2.24, 2.45) is 0 Å². The molecule has 2 N–H and O–H groups in total. The summed E-state index contributed by atoms with van der Waals surface area (Å²) < 4.78 is 70.3. The predicted molar refractivity (Wildman–Crippen MR) is 190 cm³/mol. The zero-order chi connectivity index (χ0) is 38.9. The van der Waals surface area contributed by atoms with E-state index in [1.54, 1.807) is 0 Å². The number of carbonyl (C=O) groups is 3. The van der Waals surface area contributed by atoms with Gasteiger partial charge in [0.15, 0.2) is 0 Å². The van der Waals surface area contributed by atoms with Crippen molar-refractivity contribution in [2.75, 3.05) is 165 Å². The number of hydrogen-bond donors (Lipinski definition) is 2. The number of hydrogen-bond acceptors (Lipinski definition) is 16. The van der Waals surface area contributed by atoms with Crippen LogP contribution in [-0.2, 0) is 76.0 Å². The van der Waals surface area contributed by atoms with E-state index in [4.69, 9.17) is 66.7 Å². The maximum absolute atomic E-state index is 11.5. The average Bonchev–Trinajstić information content (AvgIpc) is 3.11. The van der Waals surface area contributed by atoms with Crippen LogP contribution < -0.4 is 5.32 Å². The van der Waals surface area contributed by atoms with Crippen LogP contribution in [0.5, 0.6) is 0 Å². The van der Waals surface area contributed by atoms with E-state index in [1.807, 2.05) is 20.8 Å². The molecule has 0 radical (unpaired) electrons. The summed E-state index contributed by atoms with van der Waals surface area (Å²) in [6, 6.07) is 0. The monoisotopic (exact) mass is 773 g/mol. The molecule has 0 unspecified atom stereocenters. The maximum atomic E-state index is 11.5. The number of esters is 1. The van der Waals surface area contributed by atoms with Gasteiger partial charge in [0, 0.05) is 19.6 Å². The summed E-state index contributed by atoms with van der Waals surface area (Å²) in [5, 5.41) is 11.2. The summed E-state index contributed by atoms with van der Waals surface area (Å²) in [5.41, 5.74) is -0.519. The molecule has 0 aliphatic heterocycles. The Hall–Kier alpha value is -2.07. The highest BCUT2D eigenvalue weighted by atomic mass is 16.6. The summed E-state index contributed by atoms with van der Waals surface area (Å²) in [6.07, 6.45) is 0.463. The quantitative estimate of drug-likeness (QED) is 0.0654. The van der Waals surface area contributed by atoms with Crippen molar-refractivity contribution in [3.8, 4) is 0 Å². The first-order valence-electron chi connectivity index (χ1n) is 18.3.